The molecule has 6 nitrogen and oxygen atoms in total. The van der Waals surface area contributed by atoms with Crippen LogP contribution < -0.4 is 4.90 Å². The lowest BCUT2D eigenvalue weighted by atomic mass is 10.3. The molecule has 0 N–H and O–H groups in total. The van der Waals surface area contributed by atoms with Crippen LogP contribution >= 0.6 is 22.7 Å². The second-order valence-corrected chi connectivity index (χ2v) is 8.37. The van der Waals surface area contributed by atoms with Crippen molar-refractivity contribution < 1.29 is 4.79 Å². The number of carbonyl (C=O) groups excluding carboxylic acids is 1. The third-order valence-electron chi connectivity index (χ3n) is 5.04. The average molecular weight is 410 g/mol. The highest BCUT2D eigenvalue weighted by atomic mass is 32.1. The summed E-state index contributed by atoms with van der Waals surface area (Å²) in [4.78, 5) is 26.1. The van der Waals surface area contributed by atoms with Crippen LogP contribution in [-0.2, 0) is 11.3 Å². The normalized spacial score (nSPS) is 14.7. The number of carbonyl (C=O) groups is 1. The fourth-order valence-corrected chi connectivity index (χ4v) is 5.02. The van der Waals surface area contributed by atoms with Gasteiger partial charge in [0.2, 0.25) is 5.91 Å². The van der Waals surface area contributed by atoms with Gasteiger partial charge in [-0.3, -0.25) is 4.79 Å². The van der Waals surface area contributed by atoms with Gasteiger partial charge in [-0.15, -0.1) is 11.3 Å². The van der Waals surface area contributed by atoms with E-state index in [4.69, 9.17) is 4.98 Å². The Balaban J connectivity index is 1.21. The number of hydrogen-bond donors (Lipinski definition) is 0. The maximum Gasteiger partial charge on any atom is 0.242 e. The number of rotatable bonds is 4. The van der Waals surface area contributed by atoms with E-state index in [1.54, 1.807) is 29.0 Å². The fourth-order valence-electron chi connectivity index (χ4n) is 3.48. The number of aromatic nitrogens is 3. The topological polar surface area (TPSA) is 54.3 Å². The van der Waals surface area contributed by atoms with Gasteiger partial charge in [-0.25, -0.2) is 9.97 Å². The second kappa shape index (κ2) is 7.37. The van der Waals surface area contributed by atoms with Crippen molar-refractivity contribution in [2.45, 2.75) is 6.54 Å². The molecule has 0 saturated carbocycles. The number of nitrogens with zero attached hydrogens (tertiary/aromatic N) is 5. The largest absolute Gasteiger partial charge is 0.345 e. The van der Waals surface area contributed by atoms with Crippen LogP contribution in [-0.4, -0.2) is 51.5 Å². The maximum absolute atomic E-state index is 12.8. The Labute approximate surface area is 170 Å². The predicted octanol–water partition coefficient (Wildman–Crippen LogP) is 3.57. The first-order chi connectivity index (χ1) is 13.8. The lowest BCUT2D eigenvalue weighted by Crippen LogP contribution is -2.49. The minimum atomic E-state index is 0.140. The smallest absolute Gasteiger partial charge is 0.242 e. The quantitative estimate of drug-likeness (QED) is 0.517. The first kappa shape index (κ1) is 17.4. The number of anilines is 1. The minimum absolute atomic E-state index is 0.140. The van der Waals surface area contributed by atoms with Gasteiger partial charge in [-0.05, 0) is 23.6 Å². The van der Waals surface area contributed by atoms with E-state index in [2.05, 4.69) is 32.1 Å². The van der Waals surface area contributed by atoms with Gasteiger partial charge < -0.3 is 14.4 Å². The third kappa shape index (κ3) is 3.29. The molecule has 1 aromatic carbocycles. The number of imidazole rings is 1. The summed E-state index contributed by atoms with van der Waals surface area (Å²) in [6, 6.07) is 10.00. The molecule has 0 atom stereocenters. The third-order valence-corrected chi connectivity index (χ3v) is 6.63. The molecular weight excluding hydrogens is 390 g/mol. The summed E-state index contributed by atoms with van der Waals surface area (Å²) in [5, 5.41) is 7.34. The number of piperazine rings is 1. The summed E-state index contributed by atoms with van der Waals surface area (Å²) in [5.41, 5.74) is 4.13. The number of hydrogen-bond acceptors (Lipinski definition) is 6. The maximum atomic E-state index is 12.8. The molecule has 1 aliphatic rings. The standard InChI is InChI=1S/C20H19N5OS2/c26-19(11-25-14-21-16-3-1-2-4-18(16)25)23-6-8-24(9-7-23)20-22-17(13-28-20)15-5-10-27-12-15/h1-5,10,12-14H,6-9,11H2. The van der Waals surface area contributed by atoms with E-state index in [0.717, 1.165) is 48.0 Å². The average Bonchev–Trinajstić information content (AvgIpc) is 3.49. The first-order valence-corrected chi connectivity index (χ1v) is 11.0. The van der Waals surface area contributed by atoms with Crippen LogP contribution in [0.4, 0.5) is 5.13 Å². The molecule has 1 amide bonds. The Morgan fingerprint density at radius 1 is 1.07 bits per heavy atom. The zero-order valence-corrected chi connectivity index (χ0v) is 16.8. The molecule has 4 aromatic rings. The van der Waals surface area contributed by atoms with E-state index in [-0.39, 0.29) is 5.91 Å². The van der Waals surface area contributed by atoms with Crippen molar-refractivity contribution in [1.82, 2.24) is 19.4 Å². The minimum Gasteiger partial charge on any atom is -0.345 e. The van der Waals surface area contributed by atoms with E-state index in [9.17, 15) is 4.79 Å². The molecule has 0 spiro atoms. The highest BCUT2D eigenvalue weighted by Crippen LogP contribution is 2.29. The zero-order chi connectivity index (χ0) is 18.9. The van der Waals surface area contributed by atoms with Crippen molar-refractivity contribution in [3.63, 3.8) is 0 Å². The predicted molar refractivity (Wildman–Crippen MR) is 114 cm³/mol. The van der Waals surface area contributed by atoms with Crippen LogP contribution in [0, 0.1) is 0 Å². The van der Waals surface area contributed by atoms with Crippen molar-refractivity contribution in [3.05, 3.63) is 52.8 Å². The molecule has 142 valence electrons. The van der Waals surface area contributed by atoms with E-state index in [1.165, 1.54) is 5.56 Å². The second-order valence-electron chi connectivity index (χ2n) is 6.76. The Kier molecular flexibility index (Phi) is 4.58. The first-order valence-electron chi connectivity index (χ1n) is 9.18. The number of para-hydroxylation sites is 2. The van der Waals surface area contributed by atoms with E-state index in [1.807, 2.05) is 33.7 Å². The number of fused-ring (bicyclic) bond motifs is 1. The van der Waals surface area contributed by atoms with E-state index >= 15 is 0 Å². The summed E-state index contributed by atoms with van der Waals surface area (Å²) in [7, 11) is 0. The number of thiazole rings is 1. The summed E-state index contributed by atoms with van der Waals surface area (Å²) in [6.07, 6.45) is 1.75. The van der Waals surface area contributed by atoms with Crippen LogP contribution in [0.15, 0.2) is 52.8 Å². The van der Waals surface area contributed by atoms with Crippen LogP contribution in [0.5, 0.6) is 0 Å². The SMILES string of the molecule is O=C(Cn1cnc2ccccc21)N1CCN(c2nc(-c3ccsc3)cs2)CC1. The van der Waals surface area contributed by atoms with Crippen LogP contribution in [0.25, 0.3) is 22.3 Å². The Morgan fingerprint density at radius 3 is 2.75 bits per heavy atom. The van der Waals surface area contributed by atoms with E-state index in [0.29, 0.717) is 6.54 Å². The van der Waals surface area contributed by atoms with Crippen LogP contribution in [0.3, 0.4) is 0 Å². The summed E-state index contributed by atoms with van der Waals surface area (Å²) < 4.78 is 1.93. The Bertz CT molecular complexity index is 1090. The van der Waals surface area contributed by atoms with Crippen molar-refractivity contribution in [1.29, 1.82) is 0 Å². The highest BCUT2D eigenvalue weighted by Gasteiger charge is 2.23. The van der Waals surface area contributed by atoms with Gasteiger partial charge in [0.15, 0.2) is 5.13 Å². The van der Waals surface area contributed by atoms with Gasteiger partial charge in [-0.2, -0.15) is 11.3 Å². The van der Waals surface area contributed by atoms with Gasteiger partial charge >= 0.3 is 0 Å². The van der Waals surface area contributed by atoms with Crippen LogP contribution in [0.1, 0.15) is 0 Å². The summed E-state index contributed by atoms with van der Waals surface area (Å²) >= 11 is 3.36. The Hall–Kier alpha value is -2.71. The molecule has 0 unspecified atom stereocenters. The zero-order valence-electron chi connectivity index (χ0n) is 15.2. The van der Waals surface area contributed by atoms with Gasteiger partial charge in [0.05, 0.1) is 23.1 Å². The lowest BCUT2D eigenvalue weighted by Gasteiger charge is -2.34. The molecule has 1 saturated heterocycles. The molecule has 3 aromatic heterocycles. The van der Waals surface area contributed by atoms with Crippen molar-refractivity contribution in [2.24, 2.45) is 0 Å². The summed E-state index contributed by atoms with van der Waals surface area (Å²) in [5.74, 6) is 0.140. The molecule has 0 radical (unpaired) electrons. The van der Waals surface area contributed by atoms with Crippen molar-refractivity contribution in [3.8, 4) is 11.3 Å². The van der Waals surface area contributed by atoms with Gasteiger partial charge in [0, 0.05) is 42.5 Å². The molecule has 0 aliphatic carbocycles. The molecule has 8 heteroatoms. The highest BCUT2D eigenvalue weighted by molar-refractivity contribution is 7.14. The summed E-state index contributed by atoms with van der Waals surface area (Å²) in [6.45, 7) is 3.40. The number of benzene rings is 1. The number of thiophene rings is 1. The van der Waals surface area contributed by atoms with Crippen LogP contribution in [0.2, 0.25) is 0 Å². The fraction of sp³-hybridized carbons (Fsp3) is 0.250. The molecule has 5 rings (SSSR count). The van der Waals surface area contributed by atoms with Crippen molar-refractivity contribution >= 4 is 44.7 Å². The molecule has 0 bridgehead atoms. The van der Waals surface area contributed by atoms with Gasteiger partial charge in [-0.1, -0.05) is 12.1 Å². The van der Waals surface area contributed by atoms with Gasteiger partial charge in [0.1, 0.15) is 6.54 Å². The lowest BCUT2D eigenvalue weighted by molar-refractivity contribution is -0.132. The van der Waals surface area contributed by atoms with E-state index < -0.39 is 0 Å². The molecule has 28 heavy (non-hydrogen) atoms. The Morgan fingerprint density at radius 2 is 1.93 bits per heavy atom. The molecule has 1 fully saturated rings. The van der Waals surface area contributed by atoms with Gasteiger partial charge in [0.25, 0.3) is 0 Å². The monoisotopic (exact) mass is 409 g/mol. The van der Waals surface area contributed by atoms with Crippen molar-refractivity contribution in [2.75, 3.05) is 31.1 Å². The molecule has 1 aliphatic heterocycles. The molecular formula is C20H19N5OS2. The molecule has 4 heterocycles. The number of amides is 1.